The van der Waals surface area contributed by atoms with Gasteiger partial charge in [-0.25, -0.2) is 9.67 Å². The molecule has 2 aliphatic carbocycles. The van der Waals surface area contributed by atoms with Gasteiger partial charge in [-0.2, -0.15) is 0 Å². The van der Waals surface area contributed by atoms with Gasteiger partial charge in [0.1, 0.15) is 11.4 Å². The van der Waals surface area contributed by atoms with Crippen molar-refractivity contribution in [2.24, 2.45) is 0 Å². The molecule has 1 N–H and O–H groups in total. The molecular weight excluding hydrogens is 386 g/mol. The van der Waals surface area contributed by atoms with Crippen LogP contribution in [0, 0.1) is 6.92 Å². The molecule has 0 amide bonds. The van der Waals surface area contributed by atoms with Gasteiger partial charge in [0.25, 0.3) is 0 Å². The van der Waals surface area contributed by atoms with Crippen molar-refractivity contribution < 1.29 is 4.74 Å². The summed E-state index contributed by atoms with van der Waals surface area (Å²) in [4.78, 5) is 4.87. The second-order valence-corrected chi connectivity index (χ2v) is 9.30. The Labute approximate surface area is 183 Å². The highest BCUT2D eigenvalue weighted by molar-refractivity contribution is 5.58. The highest BCUT2D eigenvalue weighted by atomic mass is 16.5. The first-order chi connectivity index (χ1) is 15.2. The lowest BCUT2D eigenvalue weighted by Gasteiger charge is -2.24. The maximum Gasteiger partial charge on any atom is 0.219 e. The van der Waals surface area contributed by atoms with E-state index in [4.69, 9.17) is 9.72 Å². The number of pyridine rings is 1. The summed E-state index contributed by atoms with van der Waals surface area (Å²) in [7, 11) is 0. The lowest BCUT2D eigenvalue weighted by atomic mass is 10.0. The average molecular weight is 416 g/mol. The number of rotatable bonds is 6. The average Bonchev–Trinajstić information content (AvgIpc) is 3.71. The smallest absolute Gasteiger partial charge is 0.219 e. The number of hydrogen-bond acceptors (Lipinski definition) is 5. The number of aromatic nitrogens is 4. The van der Waals surface area contributed by atoms with Crippen LogP contribution in [0.25, 0.3) is 11.4 Å². The van der Waals surface area contributed by atoms with Gasteiger partial charge in [-0.05, 0) is 99.7 Å². The number of aryl methyl sites for hydroxylation is 1. The van der Waals surface area contributed by atoms with E-state index < -0.39 is 0 Å². The van der Waals surface area contributed by atoms with Crippen LogP contribution in [0.3, 0.4) is 0 Å². The normalized spacial score (nSPS) is 19.5. The Balaban J connectivity index is 1.31. The summed E-state index contributed by atoms with van der Waals surface area (Å²) in [6, 6.07) is 13.2. The zero-order chi connectivity index (χ0) is 20.8. The van der Waals surface area contributed by atoms with E-state index in [9.17, 15) is 0 Å². The molecule has 0 bridgehead atoms. The molecule has 0 atom stereocenters. The summed E-state index contributed by atoms with van der Waals surface area (Å²) in [5.74, 6) is 2.98. The van der Waals surface area contributed by atoms with Crippen molar-refractivity contribution in [3.8, 4) is 23.0 Å². The lowest BCUT2D eigenvalue weighted by Crippen LogP contribution is -2.30. The van der Waals surface area contributed by atoms with Gasteiger partial charge in [0.2, 0.25) is 5.88 Å². The molecule has 2 saturated carbocycles. The van der Waals surface area contributed by atoms with Gasteiger partial charge in [-0.3, -0.25) is 0 Å². The van der Waals surface area contributed by atoms with E-state index in [2.05, 4.69) is 38.5 Å². The summed E-state index contributed by atoms with van der Waals surface area (Å²) >= 11 is 0. The van der Waals surface area contributed by atoms with Crippen molar-refractivity contribution in [2.75, 3.05) is 13.1 Å². The molecule has 31 heavy (non-hydrogen) atoms. The molecule has 1 saturated heterocycles. The van der Waals surface area contributed by atoms with Gasteiger partial charge < -0.3 is 10.1 Å². The molecule has 0 unspecified atom stereocenters. The third kappa shape index (κ3) is 3.97. The summed E-state index contributed by atoms with van der Waals surface area (Å²) in [6.45, 7) is 4.04. The molecule has 3 aromatic rings. The number of nitrogens with one attached hydrogen (secondary N) is 1. The van der Waals surface area contributed by atoms with Gasteiger partial charge in [-0.15, -0.1) is 5.10 Å². The molecule has 3 aliphatic rings. The minimum absolute atomic E-state index is 0.361. The predicted molar refractivity (Wildman–Crippen MR) is 120 cm³/mol. The number of benzene rings is 1. The van der Waals surface area contributed by atoms with E-state index in [1.807, 2.05) is 25.1 Å². The predicted octanol–water partition coefficient (Wildman–Crippen LogP) is 5.12. The molecule has 6 nitrogen and oxygen atoms in total. The van der Waals surface area contributed by atoms with Crippen molar-refractivity contribution in [1.29, 1.82) is 0 Å². The maximum atomic E-state index is 6.31. The Morgan fingerprint density at radius 3 is 2.32 bits per heavy atom. The maximum absolute atomic E-state index is 6.31. The molecule has 3 heterocycles. The fourth-order valence-electron chi connectivity index (χ4n) is 4.72. The van der Waals surface area contributed by atoms with Gasteiger partial charge in [-0.1, -0.05) is 17.3 Å². The van der Waals surface area contributed by atoms with Gasteiger partial charge in [0.05, 0.1) is 17.4 Å². The van der Waals surface area contributed by atoms with Crippen LogP contribution in [0.1, 0.15) is 73.2 Å². The fraction of sp³-hybridized carbons (Fsp3) is 0.480. The topological polar surface area (TPSA) is 64.9 Å². The highest BCUT2D eigenvalue weighted by Crippen LogP contribution is 2.46. The Morgan fingerprint density at radius 1 is 0.935 bits per heavy atom. The van der Waals surface area contributed by atoms with Crippen molar-refractivity contribution in [2.45, 2.75) is 63.3 Å². The van der Waals surface area contributed by atoms with Crippen LogP contribution >= 0.6 is 0 Å². The molecule has 6 heteroatoms. The van der Waals surface area contributed by atoms with Crippen LogP contribution < -0.4 is 10.1 Å². The van der Waals surface area contributed by atoms with E-state index in [0.717, 1.165) is 48.8 Å². The van der Waals surface area contributed by atoms with Crippen molar-refractivity contribution in [3.63, 3.8) is 0 Å². The number of ether oxygens (including phenoxy) is 1. The first-order valence-corrected chi connectivity index (χ1v) is 11.7. The van der Waals surface area contributed by atoms with Gasteiger partial charge in [0.15, 0.2) is 0 Å². The Hall–Kier alpha value is -2.73. The largest absolute Gasteiger partial charge is 0.439 e. The minimum Gasteiger partial charge on any atom is -0.439 e. The molecule has 160 valence electrons. The van der Waals surface area contributed by atoms with Crippen LogP contribution in [-0.2, 0) is 0 Å². The van der Waals surface area contributed by atoms with Crippen LogP contribution in [0.4, 0.5) is 0 Å². The number of nitrogens with zero attached hydrogens (tertiary/aromatic N) is 4. The second kappa shape index (κ2) is 7.75. The third-order valence-electron chi connectivity index (χ3n) is 6.75. The van der Waals surface area contributed by atoms with Crippen molar-refractivity contribution >= 4 is 0 Å². The Bertz CT molecular complexity index is 1060. The molecule has 2 aromatic heterocycles. The number of piperidine rings is 1. The van der Waals surface area contributed by atoms with E-state index in [0.29, 0.717) is 23.8 Å². The summed E-state index contributed by atoms with van der Waals surface area (Å²) in [6.07, 6.45) is 7.32. The highest BCUT2D eigenvalue weighted by Gasteiger charge is 2.29. The van der Waals surface area contributed by atoms with Gasteiger partial charge in [0, 0.05) is 6.07 Å². The van der Waals surface area contributed by atoms with Crippen molar-refractivity contribution in [1.82, 2.24) is 25.3 Å². The fourth-order valence-corrected chi connectivity index (χ4v) is 4.72. The monoisotopic (exact) mass is 415 g/mol. The SMILES string of the molecule is Cc1nnn(C2CCNCC2)c1-c1cccc(Oc2cc(C3CC3)cc(C3CC3)c2)n1. The zero-order valence-corrected chi connectivity index (χ0v) is 18.1. The van der Waals surface area contributed by atoms with Crippen LogP contribution in [0.2, 0.25) is 0 Å². The first-order valence-electron chi connectivity index (χ1n) is 11.7. The molecule has 1 aliphatic heterocycles. The minimum atomic E-state index is 0.361. The second-order valence-electron chi connectivity index (χ2n) is 9.30. The summed E-state index contributed by atoms with van der Waals surface area (Å²) < 4.78 is 8.38. The molecule has 0 radical (unpaired) electrons. The van der Waals surface area contributed by atoms with E-state index in [-0.39, 0.29) is 0 Å². The van der Waals surface area contributed by atoms with Gasteiger partial charge >= 0.3 is 0 Å². The molecule has 6 rings (SSSR count). The zero-order valence-electron chi connectivity index (χ0n) is 18.1. The Kier molecular flexibility index (Phi) is 4.75. The van der Waals surface area contributed by atoms with Crippen LogP contribution in [0.5, 0.6) is 11.6 Å². The standard InChI is InChI=1S/C25H29N5O/c1-16-25(30(29-28-16)21-9-11-26-12-10-21)23-3-2-4-24(27-23)31-22-14-19(17-5-6-17)13-20(15-22)18-7-8-18/h2-4,13-15,17-18,21,26H,5-12H2,1H3. The van der Waals surface area contributed by atoms with Crippen LogP contribution in [0.15, 0.2) is 36.4 Å². The quantitative estimate of drug-likeness (QED) is 0.605. The third-order valence-corrected chi connectivity index (χ3v) is 6.75. The van der Waals surface area contributed by atoms with E-state index in [1.165, 1.54) is 36.8 Å². The van der Waals surface area contributed by atoms with E-state index in [1.54, 1.807) is 0 Å². The Morgan fingerprint density at radius 2 is 1.65 bits per heavy atom. The summed E-state index contributed by atoms with van der Waals surface area (Å²) in [5.41, 5.74) is 5.65. The van der Waals surface area contributed by atoms with E-state index >= 15 is 0 Å². The van der Waals surface area contributed by atoms with Crippen molar-refractivity contribution in [3.05, 3.63) is 53.2 Å². The van der Waals surface area contributed by atoms with Crippen LogP contribution in [-0.4, -0.2) is 33.1 Å². The molecular formula is C25H29N5O. The number of hydrogen-bond donors (Lipinski definition) is 1. The molecule has 3 fully saturated rings. The first kappa shape index (κ1) is 19.0. The molecule has 1 aromatic carbocycles. The molecule has 0 spiro atoms. The summed E-state index contributed by atoms with van der Waals surface area (Å²) in [5, 5.41) is 12.3. The lowest BCUT2D eigenvalue weighted by molar-refractivity contribution is 0.340.